The Bertz CT molecular complexity index is 288. The second kappa shape index (κ2) is 4.81. The van der Waals surface area contributed by atoms with Gasteiger partial charge in [-0.25, -0.2) is 4.98 Å². The molecule has 1 aromatic rings. The monoisotopic (exact) mass is 195 g/mol. The van der Waals surface area contributed by atoms with Crippen LogP contribution in [0.2, 0.25) is 0 Å². The van der Waals surface area contributed by atoms with E-state index in [1.165, 1.54) is 0 Å². The summed E-state index contributed by atoms with van der Waals surface area (Å²) in [5, 5.41) is 12.2. The van der Waals surface area contributed by atoms with Crippen molar-refractivity contribution in [3.8, 4) is 0 Å². The minimum atomic E-state index is -0.328. The molecule has 1 atom stereocenters. The molecular weight excluding hydrogens is 178 g/mol. The van der Waals surface area contributed by atoms with E-state index in [-0.39, 0.29) is 6.10 Å². The van der Waals surface area contributed by atoms with Crippen LogP contribution in [0.5, 0.6) is 0 Å². The van der Waals surface area contributed by atoms with Gasteiger partial charge in [0.05, 0.1) is 6.10 Å². The molecule has 14 heavy (non-hydrogen) atoms. The summed E-state index contributed by atoms with van der Waals surface area (Å²) in [6.45, 7) is 2.39. The zero-order chi connectivity index (χ0) is 10.6. The van der Waals surface area contributed by atoms with Crippen molar-refractivity contribution in [1.29, 1.82) is 0 Å². The molecule has 1 rings (SSSR count). The lowest BCUT2D eigenvalue weighted by Crippen LogP contribution is -2.26. The first-order valence-corrected chi connectivity index (χ1v) is 4.66. The molecule has 0 aliphatic heterocycles. The van der Waals surface area contributed by atoms with Gasteiger partial charge in [0.15, 0.2) is 0 Å². The quantitative estimate of drug-likeness (QED) is 0.750. The Morgan fingerprint density at radius 2 is 2.36 bits per heavy atom. The molecule has 0 aliphatic rings. The number of hydrogen-bond acceptors (Lipinski definition) is 4. The molecule has 0 aliphatic carbocycles. The second-order valence-corrected chi connectivity index (χ2v) is 3.38. The third kappa shape index (κ3) is 2.88. The van der Waals surface area contributed by atoms with Gasteiger partial charge in [0.1, 0.15) is 5.82 Å². The van der Waals surface area contributed by atoms with Crippen LogP contribution in [0.1, 0.15) is 6.92 Å². The van der Waals surface area contributed by atoms with Crippen LogP contribution in [-0.4, -0.2) is 36.8 Å². The Kier molecular flexibility index (Phi) is 3.71. The van der Waals surface area contributed by atoms with Crippen molar-refractivity contribution in [3.63, 3.8) is 0 Å². The number of aliphatic hydroxyl groups excluding tert-OH is 1. The minimum Gasteiger partial charge on any atom is -0.392 e. The average molecular weight is 195 g/mol. The summed E-state index contributed by atoms with van der Waals surface area (Å²) in [6, 6.07) is 3.87. The van der Waals surface area contributed by atoms with E-state index in [1.807, 2.05) is 31.1 Å². The number of rotatable bonds is 4. The van der Waals surface area contributed by atoms with Gasteiger partial charge in [-0.1, -0.05) is 0 Å². The fourth-order valence-electron chi connectivity index (χ4n) is 1.30. The number of nitrogens with zero attached hydrogens (tertiary/aromatic N) is 2. The van der Waals surface area contributed by atoms with E-state index in [0.29, 0.717) is 6.54 Å². The van der Waals surface area contributed by atoms with Crippen molar-refractivity contribution < 1.29 is 5.11 Å². The van der Waals surface area contributed by atoms with Crippen LogP contribution in [-0.2, 0) is 0 Å². The maximum atomic E-state index is 9.24. The van der Waals surface area contributed by atoms with Gasteiger partial charge in [0.25, 0.3) is 0 Å². The Morgan fingerprint density at radius 1 is 1.64 bits per heavy atom. The van der Waals surface area contributed by atoms with Crippen molar-refractivity contribution in [1.82, 2.24) is 4.98 Å². The summed E-state index contributed by atoms with van der Waals surface area (Å²) in [6.07, 6.45) is 1.42. The van der Waals surface area contributed by atoms with Gasteiger partial charge in [-0.2, -0.15) is 0 Å². The van der Waals surface area contributed by atoms with E-state index in [2.05, 4.69) is 10.3 Å². The Labute approximate surface area is 84.6 Å². The van der Waals surface area contributed by atoms with Gasteiger partial charge in [-0.3, -0.25) is 0 Å². The van der Waals surface area contributed by atoms with Crippen LogP contribution < -0.4 is 10.2 Å². The van der Waals surface area contributed by atoms with E-state index >= 15 is 0 Å². The first-order chi connectivity index (χ1) is 6.63. The molecule has 4 heteroatoms. The number of likely N-dealkylation sites (N-methyl/N-ethyl adjacent to an activating group) is 1. The van der Waals surface area contributed by atoms with Gasteiger partial charge >= 0.3 is 0 Å². The molecule has 0 bridgehead atoms. The molecule has 1 unspecified atom stereocenters. The zero-order valence-corrected chi connectivity index (χ0v) is 8.86. The zero-order valence-electron chi connectivity index (χ0n) is 8.86. The van der Waals surface area contributed by atoms with Crippen LogP contribution >= 0.6 is 0 Å². The number of pyridine rings is 1. The van der Waals surface area contributed by atoms with E-state index < -0.39 is 0 Å². The normalized spacial score (nSPS) is 12.3. The minimum absolute atomic E-state index is 0.328. The molecule has 0 saturated heterocycles. The predicted molar refractivity (Wildman–Crippen MR) is 58.7 cm³/mol. The molecule has 0 fully saturated rings. The van der Waals surface area contributed by atoms with Crippen molar-refractivity contribution in [2.75, 3.05) is 30.9 Å². The molecule has 1 aromatic heterocycles. The van der Waals surface area contributed by atoms with Gasteiger partial charge in [-0.15, -0.1) is 0 Å². The van der Waals surface area contributed by atoms with Crippen LogP contribution in [0.4, 0.5) is 11.5 Å². The second-order valence-electron chi connectivity index (χ2n) is 3.38. The van der Waals surface area contributed by atoms with Gasteiger partial charge in [-0.05, 0) is 13.0 Å². The highest BCUT2D eigenvalue weighted by molar-refractivity contribution is 5.53. The number of anilines is 2. The lowest BCUT2D eigenvalue weighted by atomic mass is 10.3. The van der Waals surface area contributed by atoms with Crippen molar-refractivity contribution in [3.05, 3.63) is 18.3 Å². The summed E-state index contributed by atoms with van der Waals surface area (Å²) in [5.41, 5.74) is 1.05. The smallest absolute Gasteiger partial charge is 0.127 e. The van der Waals surface area contributed by atoms with Crippen LogP contribution in [0.3, 0.4) is 0 Å². The van der Waals surface area contributed by atoms with Gasteiger partial charge in [0.2, 0.25) is 0 Å². The standard InChI is InChI=1S/C10H17N3O/c1-8(14)7-13(3)9-4-5-12-10(6-9)11-2/h4-6,8,14H,7H2,1-3H3,(H,11,12). The van der Waals surface area contributed by atoms with Gasteiger partial charge in [0, 0.05) is 38.6 Å². The van der Waals surface area contributed by atoms with Gasteiger partial charge < -0.3 is 15.3 Å². The maximum Gasteiger partial charge on any atom is 0.127 e. The van der Waals surface area contributed by atoms with Crippen molar-refractivity contribution in [2.24, 2.45) is 0 Å². The van der Waals surface area contributed by atoms with E-state index in [1.54, 1.807) is 13.1 Å². The third-order valence-corrected chi connectivity index (χ3v) is 1.98. The average Bonchev–Trinajstić information content (AvgIpc) is 2.17. The number of hydrogen-bond donors (Lipinski definition) is 2. The molecule has 0 radical (unpaired) electrons. The fraction of sp³-hybridized carbons (Fsp3) is 0.500. The van der Waals surface area contributed by atoms with E-state index in [4.69, 9.17) is 0 Å². The summed E-state index contributed by atoms with van der Waals surface area (Å²) in [5.74, 6) is 0.833. The highest BCUT2D eigenvalue weighted by Gasteiger charge is 2.04. The Balaban J connectivity index is 2.73. The lowest BCUT2D eigenvalue weighted by molar-refractivity contribution is 0.201. The summed E-state index contributed by atoms with van der Waals surface area (Å²) >= 11 is 0. The topological polar surface area (TPSA) is 48.4 Å². The number of aliphatic hydroxyl groups is 1. The first kappa shape index (κ1) is 10.8. The largest absolute Gasteiger partial charge is 0.392 e. The van der Waals surface area contributed by atoms with Crippen LogP contribution in [0.15, 0.2) is 18.3 Å². The van der Waals surface area contributed by atoms with E-state index in [0.717, 1.165) is 11.5 Å². The Morgan fingerprint density at radius 3 is 2.93 bits per heavy atom. The predicted octanol–water partition coefficient (Wildman–Crippen LogP) is 0.940. The molecule has 1 heterocycles. The SMILES string of the molecule is CNc1cc(N(C)CC(C)O)ccn1. The molecule has 0 saturated carbocycles. The van der Waals surface area contributed by atoms with Crippen molar-refractivity contribution in [2.45, 2.75) is 13.0 Å². The fourth-order valence-corrected chi connectivity index (χ4v) is 1.30. The van der Waals surface area contributed by atoms with Crippen molar-refractivity contribution >= 4 is 11.5 Å². The lowest BCUT2D eigenvalue weighted by Gasteiger charge is -2.21. The number of nitrogens with one attached hydrogen (secondary N) is 1. The molecular formula is C10H17N3O. The molecule has 78 valence electrons. The Hall–Kier alpha value is -1.29. The molecule has 2 N–H and O–H groups in total. The van der Waals surface area contributed by atoms with E-state index in [9.17, 15) is 5.11 Å². The molecule has 0 spiro atoms. The summed E-state index contributed by atoms with van der Waals surface area (Å²) in [4.78, 5) is 6.11. The van der Waals surface area contributed by atoms with Crippen LogP contribution in [0.25, 0.3) is 0 Å². The summed E-state index contributed by atoms with van der Waals surface area (Å²) < 4.78 is 0. The molecule has 0 aromatic carbocycles. The molecule has 0 amide bonds. The highest BCUT2D eigenvalue weighted by atomic mass is 16.3. The maximum absolute atomic E-state index is 9.24. The highest BCUT2D eigenvalue weighted by Crippen LogP contribution is 2.15. The molecule has 4 nitrogen and oxygen atoms in total. The number of aromatic nitrogens is 1. The van der Waals surface area contributed by atoms with Crippen LogP contribution in [0, 0.1) is 0 Å². The first-order valence-electron chi connectivity index (χ1n) is 4.66. The third-order valence-electron chi connectivity index (χ3n) is 1.98. The summed E-state index contributed by atoms with van der Waals surface area (Å²) in [7, 11) is 3.78.